The number of nitrogens with zero attached hydrogens (tertiary/aromatic N) is 1. The van der Waals surface area contributed by atoms with E-state index in [0.717, 1.165) is 38.9 Å². The number of phosphoric ester groups is 1. The first-order chi connectivity index (χ1) is 19.1. The Hall–Kier alpha value is -4.25. The van der Waals surface area contributed by atoms with E-state index in [0.29, 0.717) is 27.3 Å². The fourth-order valence-corrected chi connectivity index (χ4v) is 6.57. The summed E-state index contributed by atoms with van der Waals surface area (Å²) in [6, 6.07) is 13.7. The molecule has 0 aliphatic carbocycles. The fraction of sp³-hybridized carbons (Fsp3) is 0.143. The van der Waals surface area contributed by atoms with Gasteiger partial charge in [-0.25, -0.2) is 4.57 Å². The van der Waals surface area contributed by atoms with Crippen LogP contribution in [0.2, 0.25) is 0 Å². The first-order valence-electron chi connectivity index (χ1n) is 12.2. The Labute approximate surface area is 224 Å². The van der Waals surface area contributed by atoms with Gasteiger partial charge in [0.15, 0.2) is 0 Å². The summed E-state index contributed by atoms with van der Waals surface area (Å²) >= 11 is 0. The third kappa shape index (κ3) is 3.24. The summed E-state index contributed by atoms with van der Waals surface area (Å²) in [5, 5.41) is 17.6. The summed E-state index contributed by atoms with van der Waals surface area (Å²) in [7, 11) is -3.53. The zero-order valence-electron chi connectivity index (χ0n) is 20.8. The molecule has 7 rings (SSSR count). The normalized spacial score (nSPS) is 17.3. The third-order valence-electron chi connectivity index (χ3n) is 7.67. The molecule has 0 fully saturated rings. The van der Waals surface area contributed by atoms with Gasteiger partial charge in [0, 0.05) is 40.1 Å². The van der Waals surface area contributed by atoms with Crippen molar-refractivity contribution in [3.8, 4) is 0 Å². The van der Waals surface area contributed by atoms with Crippen LogP contribution in [-0.2, 0) is 13.6 Å². The van der Waals surface area contributed by atoms with E-state index in [2.05, 4.69) is 9.84 Å². The van der Waals surface area contributed by atoms with E-state index in [-0.39, 0.29) is 11.1 Å². The molecule has 2 unspecified atom stereocenters. The molecule has 2 atom stereocenters. The Balaban J connectivity index is 1.46. The Kier molecular flexibility index (Phi) is 5.19. The number of hydrogen-bond acceptors (Lipinski definition) is 8. The standard InChI is InChI=1S/C28H19N2O9P/c1-38-40(36,37)39-12(11-31)10-30-27(34)19-8-4-15-13-2-6-17-23-18(26(33)29-25(17)32)7-3-14(21(13)23)16-5-9-20(28(30)35)24(19)22(15)16/h2-9,12,31H,10-11H2,1H3,(H,36,37)(H,29,32,33). The van der Waals surface area contributed by atoms with Crippen LogP contribution in [0.5, 0.6) is 0 Å². The highest BCUT2D eigenvalue weighted by molar-refractivity contribution is 7.47. The Morgan fingerprint density at radius 2 is 1.18 bits per heavy atom. The van der Waals surface area contributed by atoms with Crippen molar-refractivity contribution in [2.45, 2.75) is 6.10 Å². The van der Waals surface area contributed by atoms with Gasteiger partial charge in [-0.3, -0.25) is 38.4 Å². The van der Waals surface area contributed by atoms with Gasteiger partial charge >= 0.3 is 7.82 Å². The van der Waals surface area contributed by atoms with Crippen LogP contribution in [0.25, 0.3) is 43.1 Å². The first-order valence-corrected chi connectivity index (χ1v) is 13.7. The van der Waals surface area contributed by atoms with Gasteiger partial charge in [-0.15, -0.1) is 0 Å². The number of fused-ring (bicyclic) bond motifs is 2. The minimum absolute atomic E-state index is 0.245. The molecular weight excluding hydrogens is 539 g/mol. The SMILES string of the molecule is COP(=O)(O)OC(CO)CN1C(=O)c2ccc3c4ccc5c6c(ccc(c7ccc(c2c37)C1=O)c64)C(=O)NC5=O. The predicted octanol–water partition coefficient (Wildman–Crippen LogP) is 3.34. The fourth-order valence-electron chi connectivity index (χ4n) is 5.97. The maximum absolute atomic E-state index is 13.6. The maximum atomic E-state index is 13.6. The number of phosphoric acid groups is 1. The number of nitrogens with one attached hydrogen (secondary N) is 1. The number of aliphatic hydroxyl groups is 1. The molecule has 0 aromatic heterocycles. The van der Waals surface area contributed by atoms with E-state index < -0.39 is 50.7 Å². The van der Waals surface area contributed by atoms with Crippen molar-refractivity contribution in [2.24, 2.45) is 0 Å². The van der Waals surface area contributed by atoms with Gasteiger partial charge in [-0.05, 0) is 56.6 Å². The Morgan fingerprint density at radius 3 is 1.60 bits per heavy atom. The van der Waals surface area contributed by atoms with Crippen molar-refractivity contribution in [3.63, 3.8) is 0 Å². The maximum Gasteiger partial charge on any atom is 0.472 e. The molecule has 40 heavy (non-hydrogen) atoms. The van der Waals surface area contributed by atoms with Crippen molar-refractivity contribution < 1.29 is 42.8 Å². The van der Waals surface area contributed by atoms with Crippen LogP contribution in [-0.4, -0.2) is 64.9 Å². The van der Waals surface area contributed by atoms with Crippen molar-refractivity contribution in [1.82, 2.24) is 10.2 Å². The van der Waals surface area contributed by atoms with Gasteiger partial charge in [-0.1, -0.05) is 24.3 Å². The Bertz CT molecular complexity index is 1940. The highest BCUT2D eigenvalue weighted by Gasteiger charge is 2.37. The number of benzene rings is 5. The third-order valence-corrected chi connectivity index (χ3v) is 8.70. The van der Waals surface area contributed by atoms with Crippen LogP contribution in [0, 0.1) is 0 Å². The molecule has 2 heterocycles. The van der Waals surface area contributed by atoms with Crippen molar-refractivity contribution in [2.75, 3.05) is 20.3 Å². The van der Waals surface area contributed by atoms with Gasteiger partial charge < -0.3 is 10.00 Å². The zero-order chi connectivity index (χ0) is 28.1. The molecule has 4 amide bonds. The van der Waals surface area contributed by atoms with Crippen LogP contribution in [0.15, 0.2) is 48.5 Å². The summed E-state index contributed by atoms with van der Waals surface area (Å²) in [4.78, 5) is 62.9. The van der Waals surface area contributed by atoms with E-state index in [4.69, 9.17) is 4.52 Å². The van der Waals surface area contributed by atoms with E-state index in [1.165, 1.54) is 0 Å². The smallest absolute Gasteiger partial charge is 0.394 e. The van der Waals surface area contributed by atoms with E-state index in [1.807, 2.05) is 0 Å². The monoisotopic (exact) mass is 558 g/mol. The van der Waals surface area contributed by atoms with Crippen LogP contribution in [0.3, 0.4) is 0 Å². The number of amides is 4. The summed E-state index contributed by atoms with van der Waals surface area (Å²) in [5.74, 6) is -2.23. The zero-order valence-corrected chi connectivity index (χ0v) is 21.7. The van der Waals surface area contributed by atoms with E-state index in [9.17, 15) is 33.7 Å². The predicted molar refractivity (Wildman–Crippen MR) is 144 cm³/mol. The molecule has 2 aliphatic rings. The minimum atomic E-state index is -4.49. The molecule has 0 radical (unpaired) electrons. The molecule has 0 saturated carbocycles. The number of rotatable bonds is 6. The van der Waals surface area contributed by atoms with E-state index in [1.54, 1.807) is 48.5 Å². The molecule has 0 saturated heterocycles. The van der Waals surface area contributed by atoms with Gasteiger partial charge in [0.1, 0.15) is 6.10 Å². The van der Waals surface area contributed by atoms with Crippen LogP contribution in [0.4, 0.5) is 0 Å². The molecule has 0 spiro atoms. The molecule has 5 aromatic carbocycles. The second kappa shape index (κ2) is 8.37. The summed E-state index contributed by atoms with van der Waals surface area (Å²) in [5.41, 5.74) is 1.28. The summed E-state index contributed by atoms with van der Waals surface area (Å²) < 4.78 is 21.2. The average molecular weight is 558 g/mol. The van der Waals surface area contributed by atoms with Gasteiger partial charge in [-0.2, -0.15) is 0 Å². The quantitative estimate of drug-likeness (QED) is 0.123. The van der Waals surface area contributed by atoms with Gasteiger partial charge in [0.2, 0.25) is 0 Å². The van der Waals surface area contributed by atoms with Crippen LogP contribution >= 0.6 is 7.82 Å². The lowest BCUT2D eigenvalue weighted by Crippen LogP contribution is -2.45. The molecule has 11 nitrogen and oxygen atoms in total. The molecule has 12 heteroatoms. The number of carbonyl (C=O) groups is 4. The first kappa shape index (κ1) is 24.8. The molecule has 5 aromatic rings. The lowest BCUT2D eigenvalue weighted by molar-refractivity contribution is 0.0342. The molecule has 2 aliphatic heterocycles. The second-order valence-electron chi connectivity index (χ2n) is 9.71. The average Bonchev–Trinajstić information content (AvgIpc) is 2.95. The van der Waals surface area contributed by atoms with E-state index >= 15 is 0 Å². The van der Waals surface area contributed by atoms with Crippen molar-refractivity contribution >= 4 is 74.5 Å². The number of aliphatic hydroxyl groups excluding tert-OH is 1. The Morgan fingerprint density at radius 1 is 0.750 bits per heavy atom. The molecule has 200 valence electrons. The largest absolute Gasteiger partial charge is 0.472 e. The summed E-state index contributed by atoms with van der Waals surface area (Å²) in [6.07, 6.45) is -1.36. The number of hydrogen-bond donors (Lipinski definition) is 3. The number of imide groups is 2. The second-order valence-corrected chi connectivity index (χ2v) is 11.2. The van der Waals surface area contributed by atoms with Crippen LogP contribution in [0.1, 0.15) is 41.4 Å². The molecule has 0 bridgehead atoms. The van der Waals surface area contributed by atoms with Gasteiger partial charge in [0.05, 0.1) is 13.2 Å². The highest BCUT2D eigenvalue weighted by Crippen LogP contribution is 2.46. The van der Waals surface area contributed by atoms with Crippen LogP contribution < -0.4 is 5.32 Å². The number of carbonyl (C=O) groups excluding carboxylic acids is 4. The highest BCUT2D eigenvalue weighted by atomic mass is 31.2. The summed E-state index contributed by atoms with van der Waals surface area (Å²) in [6.45, 7) is -1.22. The molecular formula is C28H19N2O9P. The van der Waals surface area contributed by atoms with Crippen molar-refractivity contribution in [3.05, 3.63) is 70.8 Å². The lowest BCUT2D eigenvalue weighted by atomic mass is 9.82. The minimum Gasteiger partial charge on any atom is -0.394 e. The topological polar surface area (TPSA) is 160 Å². The lowest BCUT2D eigenvalue weighted by Gasteiger charge is -2.31. The molecule has 3 N–H and O–H groups in total. The van der Waals surface area contributed by atoms with Gasteiger partial charge in [0.25, 0.3) is 23.6 Å². The van der Waals surface area contributed by atoms with Crippen molar-refractivity contribution in [1.29, 1.82) is 0 Å².